The lowest BCUT2D eigenvalue weighted by Crippen LogP contribution is -2.49. The van der Waals surface area contributed by atoms with Crippen LogP contribution in [0.3, 0.4) is 0 Å². The zero-order valence-corrected chi connectivity index (χ0v) is 7.86. The molecular weight excluding hydrogens is 172 g/mol. The Morgan fingerprint density at radius 2 is 2.50 bits per heavy atom. The number of aliphatic hydroxyl groups excluding tert-OH is 1. The summed E-state index contributed by atoms with van der Waals surface area (Å²) in [5.74, 6) is 2.01. The Hall–Kier alpha value is -0.240. The molecule has 0 radical (unpaired) electrons. The molecule has 12 heavy (non-hydrogen) atoms. The molecular formula is C8H14N2OS. The summed E-state index contributed by atoms with van der Waals surface area (Å²) in [5.41, 5.74) is -0.369. The first kappa shape index (κ1) is 9.85. The molecule has 1 rings (SSSR count). The van der Waals surface area contributed by atoms with Crippen molar-refractivity contribution in [2.75, 3.05) is 24.7 Å². The highest BCUT2D eigenvalue weighted by Crippen LogP contribution is 2.25. The van der Waals surface area contributed by atoms with Gasteiger partial charge in [0.05, 0.1) is 12.7 Å². The molecule has 1 saturated heterocycles. The van der Waals surface area contributed by atoms with Crippen LogP contribution in [0.1, 0.15) is 12.8 Å². The number of nitrogens with zero attached hydrogens (tertiary/aromatic N) is 1. The molecule has 1 heterocycles. The molecule has 1 fully saturated rings. The van der Waals surface area contributed by atoms with Gasteiger partial charge in [0.1, 0.15) is 5.54 Å². The molecule has 0 spiro atoms. The summed E-state index contributed by atoms with van der Waals surface area (Å²) >= 11 is 1.81. The van der Waals surface area contributed by atoms with E-state index in [4.69, 9.17) is 10.4 Å². The summed E-state index contributed by atoms with van der Waals surface area (Å²) in [5, 5.41) is 20.7. The second kappa shape index (κ2) is 4.70. The van der Waals surface area contributed by atoms with E-state index in [-0.39, 0.29) is 12.1 Å². The minimum atomic E-state index is -0.369. The number of thioether (sulfide) groups is 1. The standard InChI is InChI=1S/C8H14N2OS/c9-6-8(10-3-4-11)2-1-5-12-7-8/h10-11H,1-5,7H2. The molecule has 0 aliphatic carbocycles. The molecule has 2 N–H and O–H groups in total. The van der Waals surface area contributed by atoms with Crippen LogP contribution < -0.4 is 5.32 Å². The zero-order valence-electron chi connectivity index (χ0n) is 7.05. The topological polar surface area (TPSA) is 56.0 Å². The van der Waals surface area contributed by atoms with Gasteiger partial charge in [0.2, 0.25) is 0 Å². The van der Waals surface area contributed by atoms with E-state index < -0.39 is 0 Å². The maximum Gasteiger partial charge on any atom is 0.115 e. The van der Waals surface area contributed by atoms with E-state index in [1.807, 2.05) is 11.8 Å². The second-order valence-corrected chi connectivity index (χ2v) is 4.11. The van der Waals surface area contributed by atoms with Crippen LogP contribution in [-0.2, 0) is 0 Å². The van der Waals surface area contributed by atoms with Gasteiger partial charge < -0.3 is 5.11 Å². The number of hydrogen-bond acceptors (Lipinski definition) is 4. The van der Waals surface area contributed by atoms with Crippen LogP contribution in [0.25, 0.3) is 0 Å². The molecule has 1 aliphatic heterocycles. The van der Waals surface area contributed by atoms with Crippen LogP contribution in [0.4, 0.5) is 0 Å². The zero-order chi connectivity index (χ0) is 8.86. The van der Waals surface area contributed by atoms with Gasteiger partial charge >= 0.3 is 0 Å². The average Bonchev–Trinajstić information content (AvgIpc) is 2.16. The summed E-state index contributed by atoms with van der Waals surface area (Å²) in [6.07, 6.45) is 2.01. The van der Waals surface area contributed by atoms with Crippen LogP contribution in [-0.4, -0.2) is 35.3 Å². The van der Waals surface area contributed by atoms with Crippen molar-refractivity contribution in [2.45, 2.75) is 18.4 Å². The van der Waals surface area contributed by atoms with Gasteiger partial charge in [-0.1, -0.05) is 0 Å². The third kappa shape index (κ3) is 2.37. The summed E-state index contributed by atoms with van der Waals surface area (Å²) in [7, 11) is 0. The van der Waals surface area contributed by atoms with Crippen molar-refractivity contribution >= 4 is 11.8 Å². The SMILES string of the molecule is N#CC1(NCCO)CCCSC1. The van der Waals surface area contributed by atoms with E-state index >= 15 is 0 Å². The highest BCUT2D eigenvalue weighted by molar-refractivity contribution is 7.99. The van der Waals surface area contributed by atoms with Gasteiger partial charge in [-0.25, -0.2) is 0 Å². The van der Waals surface area contributed by atoms with Crippen molar-refractivity contribution in [3.8, 4) is 6.07 Å². The van der Waals surface area contributed by atoms with Crippen molar-refractivity contribution < 1.29 is 5.11 Å². The molecule has 0 bridgehead atoms. The van der Waals surface area contributed by atoms with Crippen LogP contribution >= 0.6 is 11.8 Å². The van der Waals surface area contributed by atoms with Crippen molar-refractivity contribution in [3.63, 3.8) is 0 Å². The Kier molecular flexibility index (Phi) is 3.86. The van der Waals surface area contributed by atoms with E-state index in [9.17, 15) is 0 Å². The number of hydrogen-bond donors (Lipinski definition) is 2. The maximum atomic E-state index is 8.96. The van der Waals surface area contributed by atoms with E-state index in [2.05, 4.69) is 11.4 Å². The Bertz CT molecular complexity index is 172. The first-order valence-corrected chi connectivity index (χ1v) is 5.33. The van der Waals surface area contributed by atoms with Gasteiger partial charge in [-0.05, 0) is 18.6 Å². The van der Waals surface area contributed by atoms with Crippen molar-refractivity contribution in [1.29, 1.82) is 5.26 Å². The lowest BCUT2D eigenvalue weighted by atomic mass is 9.97. The lowest BCUT2D eigenvalue weighted by molar-refractivity contribution is 0.272. The quantitative estimate of drug-likeness (QED) is 0.668. The van der Waals surface area contributed by atoms with E-state index in [1.54, 1.807) is 0 Å². The van der Waals surface area contributed by atoms with Gasteiger partial charge in [0.15, 0.2) is 0 Å². The summed E-state index contributed by atoms with van der Waals surface area (Å²) in [6, 6.07) is 2.31. The first-order valence-electron chi connectivity index (χ1n) is 4.18. The van der Waals surface area contributed by atoms with Gasteiger partial charge in [-0.15, -0.1) is 0 Å². The van der Waals surface area contributed by atoms with Gasteiger partial charge in [-0.3, -0.25) is 5.32 Å². The molecule has 1 unspecified atom stereocenters. The lowest BCUT2D eigenvalue weighted by Gasteiger charge is -2.30. The fourth-order valence-corrected chi connectivity index (χ4v) is 2.51. The number of β-amino-alcohol motifs (C(OH)–C–C–N with tert-alkyl or cyclic N) is 1. The predicted molar refractivity (Wildman–Crippen MR) is 50.0 cm³/mol. The second-order valence-electron chi connectivity index (χ2n) is 3.00. The summed E-state index contributed by atoms with van der Waals surface area (Å²) < 4.78 is 0. The highest BCUT2D eigenvalue weighted by atomic mass is 32.2. The molecule has 0 amide bonds. The van der Waals surface area contributed by atoms with Crippen LogP contribution in [0.2, 0.25) is 0 Å². The largest absolute Gasteiger partial charge is 0.395 e. The third-order valence-corrected chi connectivity index (χ3v) is 3.30. The van der Waals surface area contributed by atoms with Crippen molar-refractivity contribution in [1.82, 2.24) is 5.32 Å². The highest BCUT2D eigenvalue weighted by Gasteiger charge is 2.31. The van der Waals surface area contributed by atoms with Crippen molar-refractivity contribution in [3.05, 3.63) is 0 Å². The average molecular weight is 186 g/mol. The predicted octanol–water partition coefficient (Wildman–Crippen LogP) is 0.358. The summed E-state index contributed by atoms with van der Waals surface area (Å²) in [4.78, 5) is 0. The molecule has 0 saturated carbocycles. The van der Waals surface area contributed by atoms with E-state index in [0.717, 1.165) is 24.3 Å². The third-order valence-electron chi connectivity index (χ3n) is 2.03. The monoisotopic (exact) mass is 186 g/mol. The molecule has 68 valence electrons. The van der Waals surface area contributed by atoms with Gasteiger partial charge in [0.25, 0.3) is 0 Å². The van der Waals surface area contributed by atoms with Gasteiger partial charge in [-0.2, -0.15) is 17.0 Å². The molecule has 1 atom stereocenters. The smallest absolute Gasteiger partial charge is 0.115 e. The fourth-order valence-electron chi connectivity index (χ4n) is 1.36. The van der Waals surface area contributed by atoms with Crippen LogP contribution in [0.15, 0.2) is 0 Å². The maximum absolute atomic E-state index is 8.96. The molecule has 4 heteroatoms. The number of aliphatic hydroxyl groups is 1. The van der Waals surface area contributed by atoms with E-state index in [1.165, 1.54) is 0 Å². The van der Waals surface area contributed by atoms with E-state index in [0.29, 0.717) is 6.54 Å². The number of rotatable bonds is 3. The van der Waals surface area contributed by atoms with Crippen LogP contribution in [0, 0.1) is 11.3 Å². The Balaban J connectivity index is 2.44. The van der Waals surface area contributed by atoms with Crippen molar-refractivity contribution in [2.24, 2.45) is 0 Å². The molecule has 3 nitrogen and oxygen atoms in total. The summed E-state index contributed by atoms with van der Waals surface area (Å²) in [6.45, 7) is 0.627. The molecule has 1 aliphatic rings. The number of nitriles is 1. The Labute approximate surface area is 77.1 Å². The Morgan fingerprint density at radius 1 is 1.67 bits per heavy atom. The minimum absolute atomic E-state index is 0.105. The molecule has 0 aromatic rings. The van der Waals surface area contributed by atoms with Gasteiger partial charge in [0, 0.05) is 12.3 Å². The molecule has 0 aromatic carbocycles. The Morgan fingerprint density at radius 3 is 3.00 bits per heavy atom. The fraction of sp³-hybridized carbons (Fsp3) is 0.875. The first-order chi connectivity index (χ1) is 5.83. The normalized spacial score (nSPS) is 29.7. The molecule has 0 aromatic heterocycles. The number of nitrogens with one attached hydrogen (secondary N) is 1. The minimum Gasteiger partial charge on any atom is -0.395 e. The van der Waals surface area contributed by atoms with Crippen LogP contribution in [0.5, 0.6) is 0 Å².